The molecule has 3 aromatic rings. The van der Waals surface area contributed by atoms with Crippen molar-refractivity contribution < 1.29 is 24.2 Å². The van der Waals surface area contributed by atoms with Crippen molar-refractivity contribution in [1.82, 2.24) is 0 Å². The van der Waals surface area contributed by atoms with E-state index in [1.165, 1.54) is 12.1 Å². The first-order chi connectivity index (χ1) is 16.3. The lowest BCUT2D eigenvalue weighted by atomic mass is 10.2. The second kappa shape index (κ2) is 10.9. The van der Waals surface area contributed by atoms with E-state index in [9.17, 15) is 14.7 Å². The van der Waals surface area contributed by atoms with Crippen molar-refractivity contribution in [3.8, 4) is 23.0 Å². The van der Waals surface area contributed by atoms with E-state index in [1.54, 1.807) is 69.5 Å². The number of carbonyl (C=O) groups excluding carboxylic acids is 2. The van der Waals surface area contributed by atoms with Gasteiger partial charge in [0, 0.05) is 23.7 Å². The predicted molar refractivity (Wildman–Crippen MR) is 133 cm³/mol. The van der Waals surface area contributed by atoms with Gasteiger partial charge in [-0.05, 0) is 55.2 Å². The summed E-state index contributed by atoms with van der Waals surface area (Å²) in [7, 11) is 1.56. The number of hydrogen-bond donors (Lipinski definition) is 4. The summed E-state index contributed by atoms with van der Waals surface area (Å²) < 4.78 is 11.1. The Bertz CT molecular complexity index is 1180. The number of urea groups is 1. The molecule has 0 spiro atoms. The number of benzene rings is 3. The first-order valence-electron chi connectivity index (χ1n) is 10.4. The van der Waals surface area contributed by atoms with Crippen molar-refractivity contribution in [2.75, 3.05) is 23.1 Å². The standard InChI is InChI=1S/C25H26N4O5/c1-15(2)24(31)28-21-13-22(30)20(14-23(21)34-19-11-9-18(33-4)10-12-19)29-25(32)27-17-7-5-16(26-3)6-8-17/h5-15,30H,3H2,1-2,4H3,(H,28,31)(H2,27,29,32). The number of methoxy groups -OCH3 is 1. The van der Waals surface area contributed by atoms with Gasteiger partial charge in [0.2, 0.25) is 5.91 Å². The molecule has 0 unspecified atom stereocenters. The molecule has 3 amide bonds. The summed E-state index contributed by atoms with van der Waals surface area (Å²) in [6.07, 6.45) is 0. The maximum atomic E-state index is 12.5. The predicted octanol–water partition coefficient (Wildman–Crippen LogP) is 5.76. The Balaban J connectivity index is 1.85. The quantitative estimate of drug-likeness (QED) is 0.250. The normalized spacial score (nSPS) is 10.4. The highest BCUT2D eigenvalue weighted by Crippen LogP contribution is 2.39. The highest BCUT2D eigenvalue weighted by Gasteiger charge is 2.17. The molecule has 176 valence electrons. The van der Waals surface area contributed by atoms with E-state index in [0.717, 1.165) is 0 Å². The van der Waals surface area contributed by atoms with Gasteiger partial charge < -0.3 is 30.5 Å². The summed E-state index contributed by atoms with van der Waals surface area (Å²) >= 11 is 0. The Kier molecular flexibility index (Phi) is 7.71. The van der Waals surface area contributed by atoms with Crippen molar-refractivity contribution in [1.29, 1.82) is 0 Å². The van der Waals surface area contributed by atoms with Crippen LogP contribution in [0.15, 0.2) is 65.7 Å². The minimum atomic E-state index is -0.580. The fourth-order valence-electron chi connectivity index (χ4n) is 2.83. The second-order valence-electron chi connectivity index (χ2n) is 7.57. The van der Waals surface area contributed by atoms with Crippen LogP contribution in [0.25, 0.3) is 0 Å². The molecular weight excluding hydrogens is 436 g/mol. The van der Waals surface area contributed by atoms with Crippen molar-refractivity contribution in [3.63, 3.8) is 0 Å². The van der Waals surface area contributed by atoms with Crippen molar-refractivity contribution in [2.45, 2.75) is 13.8 Å². The number of rotatable bonds is 8. The summed E-state index contributed by atoms with van der Waals surface area (Å²) in [5.41, 5.74) is 1.54. The van der Waals surface area contributed by atoms with E-state index >= 15 is 0 Å². The van der Waals surface area contributed by atoms with Crippen LogP contribution in [0.4, 0.5) is 27.5 Å². The number of nitrogens with one attached hydrogen (secondary N) is 3. The number of anilines is 3. The van der Waals surface area contributed by atoms with Crippen LogP contribution < -0.4 is 25.4 Å². The molecular formula is C25H26N4O5. The SMILES string of the molecule is C=Nc1ccc(NC(=O)Nc2cc(Oc3ccc(OC)cc3)c(NC(=O)C(C)C)cc2O)cc1. The minimum absolute atomic E-state index is 0.0907. The molecule has 0 saturated heterocycles. The lowest BCUT2D eigenvalue weighted by Gasteiger charge is -2.17. The van der Waals surface area contributed by atoms with E-state index in [4.69, 9.17) is 9.47 Å². The van der Waals surface area contributed by atoms with Crippen LogP contribution in [0.5, 0.6) is 23.0 Å². The molecule has 0 aliphatic carbocycles. The summed E-state index contributed by atoms with van der Waals surface area (Å²) in [5, 5.41) is 18.5. The number of hydrogen-bond acceptors (Lipinski definition) is 6. The fraction of sp³-hybridized carbons (Fsp3) is 0.160. The van der Waals surface area contributed by atoms with Crippen LogP contribution in [-0.4, -0.2) is 30.9 Å². The van der Waals surface area contributed by atoms with Crippen LogP contribution in [0.2, 0.25) is 0 Å². The van der Waals surface area contributed by atoms with E-state index in [-0.39, 0.29) is 34.7 Å². The maximum Gasteiger partial charge on any atom is 0.323 e. The Morgan fingerprint density at radius 1 is 0.912 bits per heavy atom. The smallest absolute Gasteiger partial charge is 0.323 e. The van der Waals surface area contributed by atoms with E-state index < -0.39 is 6.03 Å². The van der Waals surface area contributed by atoms with Gasteiger partial charge in [-0.25, -0.2) is 4.79 Å². The molecule has 0 heterocycles. The largest absolute Gasteiger partial charge is 0.506 e. The Labute approximate surface area is 197 Å². The zero-order valence-electron chi connectivity index (χ0n) is 19.1. The van der Waals surface area contributed by atoms with Gasteiger partial charge in [-0.3, -0.25) is 9.79 Å². The number of phenolic OH excluding ortho intramolecular Hbond substituents is 1. The van der Waals surface area contributed by atoms with Crippen LogP contribution in [-0.2, 0) is 4.79 Å². The van der Waals surface area contributed by atoms with Gasteiger partial charge in [-0.2, -0.15) is 0 Å². The molecule has 3 aromatic carbocycles. The number of aromatic hydroxyl groups is 1. The average Bonchev–Trinajstić information content (AvgIpc) is 2.82. The van der Waals surface area contributed by atoms with E-state index in [1.807, 2.05) is 0 Å². The Hall–Kier alpha value is -4.53. The molecule has 0 atom stereocenters. The summed E-state index contributed by atoms with van der Waals surface area (Å²) in [4.78, 5) is 28.6. The summed E-state index contributed by atoms with van der Waals surface area (Å²) in [6.45, 7) is 6.94. The first kappa shape index (κ1) is 24.1. The van der Waals surface area contributed by atoms with E-state index in [0.29, 0.717) is 22.9 Å². The molecule has 9 nitrogen and oxygen atoms in total. The number of aliphatic imine (C=N–C) groups is 1. The molecule has 9 heteroatoms. The third kappa shape index (κ3) is 6.26. The van der Waals surface area contributed by atoms with Crippen LogP contribution in [0.1, 0.15) is 13.8 Å². The maximum absolute atomic E-state index is 12.5. The molecule has 0 aliphatic heterocycles. The molecule has 0 saturated carbocycles. The molecule has 0 fully saturated rings. The monoisotopic (exact) mass is 462 g/mol. The minimum Gasteiger partial charge on any atom is -0.506 e. The third-order valence-corrected chi connectivity index (χ3v) is 4.72. The number of phenols is 1. The zero-order valence-corrected chi connectivity index (χ0v) is 19.1. The zero-order chi connectivity index (χ0) is 24.7. The summed E-state index contributed by atoms with van der Waals surface area (Å²) in [6, 6.07) is 15.8. The average molecular weight is 463 g/mol. The summed E-state index contributed by atoms with van der Waals surface area (Å²) in [5.74, 6) is 0.563. The molecule has 0 bridgehead atoms. The number of nitrogens with zero attached hydrogens (tertiary/aromatic N) is 1. The van der Waals surface area contributed by atoms with Crippen LogP contribution in [0.3, 0.4) is 0 Å². The Morgan fingerprint density at radius 3 is 2.15 bits per heavy atom. The molecule has 34 heavy (non-hydrogen) atoms. The van der Waals surface area contributed by atoms with Gasteiger partial charge in [-0.15, -0.1) is 0 Å². The molecule has 0 aromatic heterocycles. The van der Waals surface area contributed by atoms with Gasteiger partial charge in [0.15, 0.2) is 5.75 Å². The number of ether oxygens (including phenoxy) is 2. The van der Waals surface area contributed by atoms with E-state index in [2.05, 4.69) is 27.7 Å². The lowest BCUT2D eigenvalue weighted by Crippen LogP contribution is -2.20. The van der Waals surface area contributed by atoms with Gasteiger partial charge in [0.25, 0.3) is 0 Å². The number of carbonyl (C=O) groups is 2. The first-order valence-corrected chi connectivity index (χ1v) is 10.4. The molecule has 0 radical (unpaired) electrons. The lowest BCUT2D eigenvalue weighted by molar-refractivity contribution is -0.118. The third-order valence-electron chi connectivity index (χ3n) is 4.72. The molecule has 4 N–H and O–H groups in total. The highest BCUT2D eigenvalue weighted by molar-refractivity contribution is 6.02. The Morgan fingerprint density at radius 2 is 1.56 bits per heavy atom. The number of amides is 3. The van der Waals surface area contributed by atoms with Gasteiger partial charge >= 0.3 is 6.03 Å². The van der Waals surface area contributed by atoms with Crippen molar-refractivity contribution in [2.24, 2.45) is 10.9 Å². The van der Waals surface area contributed by atoms with Gasteiger partial charge in [0.1, 0.15) is 17.2 Å². The fourth-order valence-corrected chi connectivity index (χ4v) is 2.83. The van der Waals surface area contributed by atoms with Crippen LogP contribution >= 0.6 is 0 Å². The van der Waals surface area contributed by atoms with Crippen molar-refractivity contribution in [3.05, 3.63) is 60.7 Å². The van der Waals surface area contributed by atoms with Gasteiger partial charge in [-0.1, -0.05) is 13.8 Å². The molecule has 0 aliphatic rings. The van der Waals surface area contributed by atoms with Crippen molar-refractivity contribution >= 4 is 41.4 Å². The topological polar surface area (TPSA) is 121 Å². The van der Waals surface area contributed by atoms with Gasteiger partial charge in [0.05, 0.1) is 24.2 Å². The van der Waals surface area contributed by atoms with Crippen LogP contribution in [0, 0.1) is 5.92 Å². The molecule has 3 rings (SSSR count). The highest BCUT2D eigenvalue weighted by atomic mass is 16.5. The second-order valence-corrected chi connectivity index (χ2v) is 7.57.